The minimum Gasteiger partial charge on any atom is -0.388 e. The maximum Gasteiger partial charge on any atom is 0.231 e. The summed E-state index contributed by atoms with van der Waals surface area (Å²) in [6.45, 7) is 4.08. The van der Waals surface area contributed by atoms with Crippen LogP contribution in [0.4, 0.5) is 11.4 Å². The van der Waals surface area contributed by atoms with Crippen LogP contribution >= 0.6 is 0 Å². The Labute approximate surface area is 90.1 Å². The third-order valence-electron chi connectivity index (χ3n) is 2.79. The highest BCUT2D eigenvalue weighted by Crippen LogP contribution is 2.35. The van der Waals surface area contributed by atoms with Gasteiger partial charge in [-0.3, -0.25) is 4.79 Å². The summed E-state index contributed by atoms with van der Waals surface area (Å²) >= 11 is 0. The largest absolute Gasteiger partial charge is 0.388 e. The molecule has 15 heavy (non-hydrogen) atoms. The lowest BCUT2D eigenvalue weighted by Crippen LogP contribution is -2.33. The van der Waals surface area contributed by atoms with Gasteiger partial charge < -0.3 is 10.2 Å². The molecule has 1 heterocycles. The number of fused-ring (bicyclic) bond motifs is 1. The second kappa shape index (κ2) is 3.57. The topological polar surface area (TPSA) is 32.3 Å². The number of carbonyl (C=O) groups excluding carboxylic acids is 1. The Bertz CT molecular complexity index is 399. The van der Waals surface area contributed by atoms with Crippen molar-refractivity contribution in [3.63, 3.8) is 0 Å². The molecule has 1 aliphatic heterocycles. The van der Waals surface area contributed by atoms with Crippen LogP contribution in [0.1, 0.15) is 19.4 Å². The lowest BCUT2D eigenvalue weighted by molar-refractivity contribution is -0.117. The van der Waals surface area contributed by atoms with Gasteiger partial charge in [-0.15, -0.1) is 0 Å². The molecule has 0 saturated heterocycles. The quantitative estimate of drug-likeness (QED) is 0.799. The number of hydrogen-bond acceptors (Lipinski definition) is 2. The molecule has 1 N–H and O–H groups in total. The Kier molecular flexibility index (Phi) is 2.39. The Morgan fingerprint density at radius 3 is 2.73 bits per heavy atom. The SMILES string of the molecule is CNc1cccc2c1CC(=O)N2C(C)C. The summed E-state index contributed by atoms with van der Waals surface area (Å²) in [6.07, 6.45) is 0.518. The van der Waals surface area contributed by atoms with Crippen molar-refractivity contribution in [2.24, 2.45) is 0 Å². The molecule has 1 amide bonds. The molecule has 0 atom stereocenters. The summed E-state index contributed by atoms with van der Waals surface area (Å²) in [4.78, 5) is 13.7. The smallest absolute Gasteiger partial charge is 0.231 e. The van der Waals surface area contributed by atoms with Crippen LogP contribution in [0.15, 0.2) is 18.2 Å². The van der Waals surface area contributed by atoms with Crippen molar-refractivity contribution in [2.45, 2.75) is 26.3 Å². The van der Waals surface area contributed by atoms with Gasteiger partial charge in [-0.1, -0.05) is 6.07 Å². The van der Waals surface area contributed by atoms with Gasteiger partial charge in [0.25, 0.3) is 0 Å². The molecule has 0 aliphatic carbocycles. The van der Waals surface area contributed by atoms with E-state index in [4.69, 9.17) is 0 Å². The molecular weight excluding hydrogens is 188 g/mol. The molecule has 3 heteroatoms. The zero-order valence-electron chi connectivity index (χ0n) is 9.37. The lowest BCUT2D eigenvalue weighted by Gasteiger charge is -2.22. The molecule has 80 valence electrons. The number of amides is 1. The number of benzene rings is 1. The van der Waals surface area contributed by atoms with Crippen LogP contribution in [0.5, 0.6) is 0 Å². The summed E-state index contributed by atoms with van der Waals surface area (Å²) in [7, 11) is 1.89. The summed E-state index contributed by atoms with van der Waals surface area (Å²) in [5.41, 5.74) is 3.24. The van der Waals surface area contributed by atoms with E-state index in [9.17, 15) is 4.79 Å². The highest BCUT2D eigenvalue weighted by atomic mass is 16.2. The molecular formula is C12H16N2O. The van der Waals surface area contributed by atoms with Gasteiger partial charge in [-0.05, 0) is 26.0 Å². The van der Waals surface area contributed by atoms with Crippen molar-refractivity contribution in [1.29, 1.82) is 0 Å². The van der Waals surface area contributed by atoms with E-state index in [1.807, 2.05) is 44.0 Å². The van der Waals surface area contributed by atoms with E-state index < -0.39 is 0 Å². The van der Waals surface area contributed by atoms with Gasteiger partial charge >= 0.3 is 0 Å². The van der Waals surface area contributed by atoms with Crippen molar-refractivity contribution in [1.82, 2.24) is 0 Å². The monoisotopic (exact) mass is 204 g/mol. The molecule has 1 aromatic rings. The fourth-order valence-corrected chi connectivity index (χ4v) is 2.16. The number of hydrogen-bond donors (Lipinski definition) is 1. The molecule has 3 nitrogen and oxygen atoms in total. The predicted molar refractivity (Wildman–Crippen MR) is 62.3 cm³/mol. The minimum atomic E-state index is 0.197. The molecule has 2 rings (SSSR count). The van der Waals surface area contributed by atoms with Crippen LogP contribution in [0.2, 0.25) is 0 Å². The zero-order valence-corrected chi connectivity index (χ0v) is 9.37. The van der Waals surface area contributed by atoms with Crippen molar-refractivity contribution in [3.05, 3.63) is 23.8 Å². The van der Waals surface area contributed by atoms with E-state index >= 15 is 0 Å². The molecule has 0 radical (unpaired) electrons. The average molecular weight is 204 g/mol. The Morgan fingerprint density at radius 2 is 2.13 bits per heavy atom. The van der Waals surface area contributed by atoms with Gasteiger partial charge in [0.05, 0.1) is 6.42 Å². The fourth-order valence-electron chi connectivity index (χ4n) is 2.16. The van der Waals surface area contributed by atoms with E-state index in [-0.39, 0.29) is 11.9 Å². The van der Waals surface area contributed by atoms with E-state index in [0.717, 1.165) is 16.9 Å². The van der Waals surface area contributed by atoms with Crippen molar-refractivity contribution in [2.75, 3.05) is 17.3 Å². The average Bonchev–Trinajstić information content (AvgIpc) is 2.53. The maximum atomic E-state index is 11.8. The molecule has 1 aromatic carbocycles. The molecule has 0 saturated carbocycles. The number of nitrogens with one attached hydrogen (secondary N) is 1. The summed E-state index contributed by atoms with van der Waals surface area (Å²) in [5, 5.41) is 3.13. The van der Waals surface area contributed by atoms with Crippen LogP contribution in [-0.2, 0) is 11.2 Å². The van der Waals surface area contributed by atoms with Gasteiger partial charge in [-0.2, -0.15) is 0 Å². The van der Waals surface area contributed by atoms with E-state index in [1.165, 1.54) is 0 Å². The second-order valence-corrected chi connectivity index (χ2v) is 4.09. The first-order valence-corrected chi connectivity index (χ1v) is 5.27. The number of carbonyl (C=O) groups is 1. The van der Waals surface area contributed by atoms with Gasteiger partial charge in [0.15, 0.2) is 0 Å². The van der Waals surface area contributed by atoms with Crippen molar-refractivity contribution < 1.29 is 4.79 Å². The zero-order chi connectivity index (χ0) is 11.0. The van der Waals surface area contributed by atoms with E-state index in [1.54, 1.807) is 0 Å². The summed E-state index contributed by atoms with van der Waals surface area (Å²) < 4.78 is 0. The molecule has 0 spiro atoms. The normalized spacial score (nSPS) is 14.7. The standard InChI is InChI=1S/C12H16N2O/c1-8(2)14-11-6-4-5-10(13-3)9(11)7-12(14)15/h4-6,8,13H,7H2,1-3H3. The van der Waals surface area contributed by atoms with E-state index in [0.29, 0.717) is 6.42 Å². The maximum absolute atomic E-state index is 11.8. The highest BCUT2D eigenvalue weighted by molar-refractivity contribution is 6.03. The molecule has 0 bridgehead atoms. The summed E-state index contributed by atoms with van der Waals surface area (Å²) in [5.74, 6) is 0.197. The van der Waals surface area contributed by atoms with Crippen molar-refractivity contribution in [3.8, 4) is 0 Å². The van der Waals surface area contributed by atoms with Gasteiger partial charge in [0.2, 0.25) is 5.91 Å². The van der Waals surface area contributed by atoms with Crippen LogP contribution in [0.3, 0.4) is 0 Å². The summed E-state index contributed by atoms with van der Waals surface area (Å²) in [6, 6.07) is 6.24. The van der Waals surface area contributed by atoms with Crippen LogP contribution in [0, 0.1) is 0 Å². The van der Waals surface area contributed by atoms with Gasteiger partial charge in [0.1, 0.15) is 0 Å². The molecule has 0 unspecified atom stereocenters. The number of rotatable bonds is 2. The van der Waals surface area contributed by atoms with Crippen LogP contribution < -0.4 is 10.2 Å². The predicted octanol–water partition coefficient (Wildman–Crippen LogP) is 2.03. The number of nitrogens with zero attached hydrogens (tertiary/aromatic N) is 1. The molecule has 0 aromatic heterocycles. The molecule has 0 fully saturated rings. The number of anilines is 2. The highest BCUT2D eigenvalue weighted by Gasteiger charge is 2.30. The first kappa shape index (κ1) is 10.0. The van der Waals surface area contributed by atoms with Crippen LogP contribution in [-0.4, -0.2) is 19.0 Å². The first-order valence-electron chi connectivity index (χ1n) is 5.27. The van der Waals surface area contributed by atoms with Gasteiger partial charge in [-0.25, -0.2) is 0 Å². The van der Waals surface area contributed by atoms with Crippen LogP contribution in [0.25, 0.3) is 0 Å². The first-order chi connectivity index (χ1) is 7.15. The Morgan fingerprint density at radius 1 is 1.40 bits per heavy atom. The van der Waals surface area contributed by atoms with E-state index in [2.05, 4.69) is 5.32 Å². The third kappa shape index (κ3) is 1.48. The fraction of sp³-hybridized carbons (Fsp3) is 0.417. The molecule has 1 aliphatic rings. The van der Waals surface area contributed by atoms with Gasteiger partial charge in [0, 0.05) is 30.0 Å². The minimum absolute atomic E-state index is 0.197. The third-order valence-corrected chi connectivity index (χ3v) is 2.79. The second-order valence-electron chi connectivity index (χ2n) is 4.09. The Hall–Kier alpha value is -1.51. The lowest BCUT2D eigenvalue weighted by atomic mass is 10.1. The Balaban J connectivity index is 2.51. The van der Waals surface area contributed by atoms with Crippen molar-refractivity contribution >= 4 is 17.3 Å².